The summed E-state index contributed by atoms with van der Waals surface area (Å²) in [7, 11) is 0. The first-order valence-corrected chi connectivity index (χ1v) is 8.97. The molecule has 1 amide bonds. The summed E-state index contributed by atoms with van der Waals surface area (Å²) in [4.78, 5) is 25.0. The van der Waals surface area contributed by atoms with Gasteiger partial charge in [0.05, 0.1) is 11.7 Å². The number of para-hydroxylation sites is 1. The number of carbonyl (C=O) groups is 1. The van der Waals surface area contributed by atoms with Gasteiger partial charge in [-0.15, -0.1) is 0 Å². The van der Waals surface area contributed by atoms with Crippen LogP contribution in [0.25, 0.3) is 5.69 Å². The lowest BCUT2D eigenvalue weighted by molar-refractivity contribution is -0.122. The van der Waals surface area contributed by atoms with Crippen LogP contribution in [0.2, 0.25) is 0 Å². The number of rotatable bonds is 7. The lowest BCUT2D eigenvalue weighted by Gasteiger charge is -2.21. The summed E-state index contributed by atoms with van der Waals surface area (Å²) in [6.45, 7) is 4.04. The zero-order valence-electron chi connectivity index (χ0n) is 15.4. The third kappa shape index (κ3) is 4.69. The van der Waals surface area contributed by atoms with Gasteiger partial charge in [-0.1, -0.05) is 62.4 Å². The minimum absolute atomic E-state index is 0.112. The Morgan fingerprint density at radius 1 is 1.00 bits per heavy atom. The number of nitrogens with zero attached hydrogens (tertiary/aromatic N) is 4. The zero-order chi connectivity index (χ0) is 19.2. The number of amides is 1. The topological polar surface area (TPSA) is 81.8 Å². The van der Waals surface area contributed by atoms with Crippen molar-refractivity contribution in [2.45, 2.75) is 32.9 Å². The van der Waals surface area contributed by atoms with Crippen molar-refractivity contribution in [2.75, 3.05) is 0 Å². The Bertz CT molecular complexity index is 932. The zero-order valence-corrected chi connectivity index (χ0v) is 15.4. The molecule has 1 heterocycles. The molecule has 1 atom stereocenters. The molecular formula is C20H23N5O2. The van der Waals surface area contributed by atoms with Gasteiger partial charge in [0.2, 0.25) is 5.91 Å². The lowest BCUT2D eigenvalue weighted by Crippen LogP contribution is -2.36. The number of tetrazole rings is 1. The van der Waals surface area contributed by atoms with Crippen molar-refractivity contribution >= 4 is 5.91 Å². The molecular weight excluding hydrogens is 342 g/mol. The van der Waals surface area contributed by atoms with Crippen LogP contribution < -0.4 is 11.0 Å². The molecule has 0 bridgehead atoms. The van der Waals surface area contributed by atoms with E-state index in [-0.39, 0.29) is 18.5 Å². The summed E-state index contributed by atoms with van der Waals surface area (Å²) in [5.41, 5.74) is 1.20. The van der Waals surface area contributed by atoms with Crippen LogP contribution in [0.3, 0.4) is 0 Å². The minimum Gasteiger partial charge on any atom is -0.348 e. The fourth-order valence-electron chi connectivity index (χ4n) is 2.92. The largest absolute Gasteiger partial charge is 0.368 e. The first kappa shape index (κ1) is 18.6. The summed E-state index contributed by atoms with van der Waals surface area (Å²) >= 11 is 0. The highest BCUT2D eigenvalue weighted by molar-refractivity contribution is 5.76. The molecule has 0 spiro atoms. The van der Waals surface area contributed by atoms with E-state index < -0.39 is 5.69 Å². The number of hydrogen-bond donors (Lipinski definition) is 1. The SMILES string of the molecule is CC(C)CC(NC(=O)Cn1nnn(-c2ccccc2)c1=O)c1ccccc1. The van der Waals surface area contributed by atoms with Crippen molar-refractivity contribution in [3.8, 4) is 5.69 Å². The van der Waals surface area contributed by atoms with Crippen molar-refractivity contribution in [1.82, 2.24) is 25.1 Å². The molecule has 0 aliphatic rings. The van der Waals surface area contributed by atoms with Crippen molar-refractivity contribution in [1.29, 1.82) is 0 Å². The summed E-state index contributed by atoms with van der Waals surface area (Å²) < 4.78 is 2.25. The van der Waals surface area contributed by atoms with Crippen LogP contribution in [0.1, 0.15) is 31.9 Å². The monoisotopic (exact) mass is 365 g/mol. The van der Waals surface area contributed by atoms with E-state index in [1.807, 2.05) is 48.5 Å². The standard InChI is InChI=1S/C20H23N5O2/c1-15(2)13-18(16-9-5-3-6-10-16)21-19(26)14-24-20(27)25(23-22-24)17-11-7-4-8-12-17/h3-12,15,18H,13-14H2,1-2H3,(H,21,26). The van der Waals surface area contributed by atoms with Crippen LogP contribution in [0.5, 0.6) is 0 Å². The second-order valence-electron chi connectivity index (χ2n) is 6.83. The quantitative estimate of drug-likeness (QED) is 0.697. The molecule has 3 aromatic rings. The minimum atomic E-state index is -0.448. The van der Waals surface area contributed by atoms with Crippen LogP contribution in [0.15, 0.2) is 65.5 Å². The van der Waals surface area contributed by atoms with Gasteiger partial charge in [-0.05, 0) is 40.5 Å². The van der Waals surface area contributed by atoms with Crippen molar-refractivity contribution in [2.24, 2.45) is 5.92 Å². The molecule has 0 aliphatic heterocycles. The van der Waals surface area contributed by atoms with Gasteiger partial charge in [-0.3, -0.25) is 4.79 Å². The summed E-state index contributed by atoms with van der Waals surface area (Å²) in [6.07, 6.45) is 0.807. The Kier molecular flexibility index (Phi) is 5.80. The number of aromatic nitrogens is 4. The number of nitrogens with one attached hydrogen (secondary N) is 1. The van der Waals surface area contributed by atoms with E-state index in [2.05, 4.69) is 29.6 Å². The average Bonchev–Trinajstić information content (AvgIpc) is 3.02. The molecule has 1 aromatic heterocycles. The Morgan fingerprint density at radius 3 is 2.26 bits per heavy atom. The van der Waals surface area contributed by atoms with E-state index in [4.69, 9.17) is 0 Å². The number of hydrogen-bond acceptors (Lipinski definition) is 4. The molecule has 7 nitrogen and oxygen atoms in total. The van der Waals surface area contributed by atoms with E-state index in [9.17, 15) is 9.59 Å². The van der Waals surface area contributed by atoms with E-state index >= 15 is 0 Å². The molecule has 2 aromatic carbocycles. The molecule has 1 N–H and O–H groups in total. The molecule has 0 radical (unpaired) electrons. The van der Waals surface area contributed by atoms with Gasteiger partial charge in [-0.25, -0.2) is 4.79 Å². The summed E-state index contributed by atoms with van der Waals surface area (Å²) in [6, 6.07) is 18.7. The van der Waals surface area contributed by atoms with Gasteiger partial charge >= 0.3 is 5.69 Å². The molecule has 0 fully saturated rings. The maximum absolute atomic E-state index is 12.5. The first-order valence-electron chi connectivity index (χ1n) is 8.97. The number of carbonyl (C=O) groups excluding carboxylic acids is 1. The van der Waals surface area contributed by atoms with Crippen molar-refractivity contribution < 1.29 is 4.79 Å². The molecule has 7 heteroatoms. The maximum Gasteiger partial charge on any atom is 0.368 e. The predicted octanol–water partition coefficient (Wildman–Crippen LogP) is 2.33. The second kappa shape index (κ2) is 8.44. The fraction of sp³-hybridized carbons (Fsp3) is 0.300. The van der Waals surface area contributed by atoms with Crippen LogP contribution in [-0.4, -0.2) is 25.7 Å². The van der Waals surface area contributed by atoms with Gasteiger partial charge in [0.25, 0.3) is 0 Å². The highest BCUT2D eigenvalue weighted by Gasteiger charge is 2.18. The average molecular weight is 365 g/mol. The predicted molar refractivity (Wildman–Crippen MR) is 102 cm³/mol. The molecule has 3 rings (SSSR count). The van der Waals surface area contributed by atoms with Crippen LogP contribution >= 0.6 is 0 Å². The first-order chi connectivity index (χ1) is 13.0. The molecule has 0 aliphatic carbocycles. The Labute approximate surface area is 157 Å². The van der Waals surface area contributed by atoms with E-state index in [0.717, 1.165) is 16.7 Å². The van der Waals surface area contributed by atoms with E-state index in [0.29, 0.717) is 11.6 Å². The fourth-order valence-corrected chi connectivity index (χ4v) is 2.92. The smallest absolute Gasteiger partial charge is 0.348 e. The van der Waals surface area contributed by atoms with Crippen LogP contribution in [-0.2, 0) is 11.3 Å². The normalized spacial score (nSPS) is 12.1. The second-order valence-corrected chi connectivity index (χ2v) is 6.83. The Hall–Kier alpha value is -3.22. The third-order valence-electron chi connectivity index (χ3n) is 4.18. The molecule has 140 valence electrons. The maximum atomic E-state index is 12.5. The summed E-state index contributed by atoms with van der Waals surface area (Å²) in [5.74, 6) is 0.142. The summed E-state index contributed by atoms with van der Waals surface area (Å²) in [5, 5.41) is 10.7. The highest BCUT2D eigenvalue weighted by Crippen LogP contribution is 2.20. The number of benzene rings is 2. The van der Waals surface area contributed by atoms with Gasteiger partial charge in [-0.2, -0.15) is 9.36 Å². The molecule has 0 saturated heterocycles. The van der Waals surface area contributed by atoms with Gasteiger partial charge in [0, 0.05) is 0 Å². The third-order valence-corrected chi connectivity index (χ3v) is 4.18. The Morgan fingerprint density at radius 2 is 1.63 bits per heavy atom. The van der Waals surface area contributed by atoms with Crippen LogP contribution in [0.4, 0.5) is 0 Å². The van der Waals surface area contributed by atoms with Gasteiger partial charge in [0.15, 0.2) is 0 Å². The van der Waals surface area contributed by atoms with Crippen molar-refractivity contribution in [3.05, 3.63) is 76.7 Å². The molecule has 0 saturated carbocycles. The lowest BCUT2D eigenvalue weighted by atomic mass is 9.97. The van der Waals surface area contributed by atoms with Gasteiger partial charge < -0.3 is 5.32 Å². The van der Waals surface area contributed by atoms with E-state index in [1.54, 1.807) is 12.1 Å². The molecule has 27 heavy (non-hydrogen) atoms. The van der Waals surface area contributed by atoms with Crippen LogP contribution in [0, 0.1) is 5.92 Å². The van der Waals surface area contributed by atoms with E-state index in [1.165, 1.54) is 4.68 Å². The highest BCUT2D eigenvalue weighted by atomic mass is 16.2. The van der Waals surface area contributed by atoms with Crippen molar-refractivity contribution in [3.63, 3.8) is 0 Å². The Balaban J connectivity index is 1.73. The molecule has 1 unspecified atom stereocenters. The van der Waals surface area contributed by atoms with Gasteiger partial charge in [0.1, 0.15) is 6.54 Å².